The van der Waals surface area contributed by atoms with Crippen LogP contribution in [0.25, 0.3) is 0 Å². The van der Waals surface area contributed by atoms with Gasteiger partial charge in [0.25, 0.3) is 0 Å². The summed E-state index contributed by atoms with van der Waals surface area (Å²) < 4.78 is 2.72. The monoisotopic (exact) mass is 251 g/mol. The van der Waals surface area contributed by atoms with Crippen LogP contribution in [0.1, 0.15) is 12.7 Å². The summed E-state index contributed by atoms with van der Waals surface area (Å²) in [5.74, 6) is 1.84. The zero-order chi connectivity index (χ0) is 11.4. The number of nitrogens with one attached hydrogen (secondary N) is 1. The highest BCUT2D eigenvalue weighted by molar-refractivity contribution is 7.98. The minimum absolute atomic E-state index is 0.700. The normalized spacial score (nSPS) is 10.6. The van der Waals surface area contributed by atoms with Crippen molar-refractivity contribution in [2.24, 2.45) is 0 Å². The molecule has 2 rings (SSSR count). The molecule has 0 bridgehead atoms. The summed E-state index contributed by atoms with van der Waals surface area (Å²) >= 11 is 6.91. The molecule has 1 aromatic heterocycles. The van der Waals surface area contributed by atoms with Crippen molar-refractivity contribution in [3.63, 3.8) is 0 Å². The predicted molar refractivity (Wildman–Crippen MR) is 69.1 cm³/mol. The lowest BCUT2D eigenvalue weighted by atomic mass is 10.4. The van der Waals surface area contributed by atoms with Crippen molar-refractivity contribution in [1.29, 1.82) is 0 Å². The van der Waals surface area contributed by atoms with Gasteiger partial charge in [-0.25, -0.2) is 0 Å². The van der Waals surface area contributed by atoms with E-state index in [1.54, 1.807) is 11.8 Å². The van der Waals surface area contributed by atoms with Crippen LogP contribution in [0.5, 0.6) is 0 Å². The fraction of sp³-hybridized carbons (Fsp3) is 0.273. The molecule has 0 unspecified atom stereocenters. The molecule has 84 valence electrons. The molecule has 1 heterocycles. The average molecular weight is 251 g/mol. The molecular weight excluding hydrogens is 238 g/mol. The fourth-order valence-corrected chi connectivity index (χ4v) is 2.60. The predicted octanol–water partition coefficient (Wildman–Crippen LogP) is 3.25. The van der Waals surface area contributed by atoms with Gasteiger partial charge in [0.05, 0.1) is 5.75 Å². The maximum absolute atomic E-state index is 5.14. The van der Waals surface area contributed by atoms with E-state index < -0.39 is 0 Å². The van der Waals surface area contributed by atoms with Gasteiger partial charge in [-0.15, -0.1) is 11.8 Å². The zero-order valence-electron chi connectivity index (χ0n) is 9.01. The quantitative estimate of drug-likeness (QED) is 0.669. The SMILES string of the molecule is CCn1c(CSc2ccccc2)n[nH]c1=S. The average Bonchev–Trinajstić information content (AvgIpc) is 2.68. The van der Waals surface area contributed by atoms with E-state index in [0.29, 0.717) is 4.77 Å². The summed E-state index contributed by atoms with van der Waals surface area (Å²) in [5, 5.41) is 7.05. The Kier molecular flexibility index (Phi) is 3.79. The number of aromatic nitrogens is 3. The molecule has 5 heteroatoms. The lowest BCUT2D eigenvalue weighted by Gasteiger charge is -2.03. The molecule has 0 fully saturated rings. The first kappa shape index (κ1) is 11.4. The lowest BCUT2D eigenvalue weighted by Crippen LogP contribution is -2.00. The summed E-state index contributed by atoms with van der Waals surface area (Å²) in [6, 6.07) is 10.3. The van der Waals surface area contributed by atoms with Gasteiger partial charge in [-0.2, -0.15) is 5.10 Å². The number of hydrogen-bond donors (Lipinski definition) is 1. The Bertz CT molecular complexity index is 501. The molecule has 3 nitrogen and oxygen atoms in total. The van der Waals surface area contributed by atoms with Gasteiger partial charge in [-0.3, -0.25) is 5.10 Å². The lowest BCUT2D eigenvalue weighted by molar-refractivity contribution is 0.716. The van der Waals surface area contributed by atoms with Gasteiger partial charge in [-0.05, 0) is 31.3 Å². The van der Waals surface area contributed by atoms with E-state index >= 15 is 0 Å². The summed E-state index contributed by atoms with van der Waals surface area (Å²) in [4.78, 5) is 1.25. The highest BCUT2D eigenvalue weighted by Gasteiger charge is 2.04. The number of thioether (sulfide) groups is 1. The Hall–Kier alpha value is -1.07. The standard InChI is InChI=1S/C11H13N3S2/c1-2-14-10(12-13-11(14)15)8-16-9-6-4-3-5-7-9/h3-7H,2,8H2,1H3,(H,13,15). The van der Waals surface area contributed by atoms with Crippen LogP contribution in [-0.2, 0) is 12.3 Å². The van der Waals surface area contributed by atoms with Crippen LogP contribution in [0, 0.1) is 4.77 Å². The fourth-order valence-electron chi connectivity index (χ4n) is 1.45. The summed E-state index contributed by atoms with van der Waals surface area (Å²) in [7, 11) is 0. The molecule has 0 spiro atoms. The van der Waals surface area contributed by atoms with E-state index in [0.717, 1.165) is 18.1 Å². The van der Waals surface area contributed by atoms with E-state index in [2.05, 4.69) is 29.3 Å². The molecule has 0 aliphatic rings. The molecule has 0 aliphatic heterocycles. The van der Waals surface area contributed by atoms with E-state index in [4.69, 9.17) is 12.2 Å². The van der Waals surface area contributed by atoms with E-state index in [-0.39, 0.29) is 0 Å². The Labute approximate surface area is 104 Å². The smallest absolute Gasteiger partial charge is 0.195 e. The minimum Gasteiger partial charge on any atom is -0.304 e. The summed E-state index contributed by atoms with van der Waals surface area (Å²) in [6.45, 7) is 2.93. The van der Waals surface area contributed by atoms with Gasteiger partial charge in [0, 0.05) is 11.4 Å². The molecule has 0 aliphatic carbocycles. The van der Waals surface area contributed by atoms with Gasteiger partial charge in [0.2, 0.25) is 0 Å². The largest absolute Gasteiger partial charge is 0.304 e. The van der Waals surface area contributed by atoms with E-state index in [9.17, 15) is 0 Å². The second-order valence-electron chi connectivity index (χ2n) is 3.29. The Morgan fingerprint density at radius 2 is 2.12 bits per heavy atom. The third-order valence-corrected chi connectivity index (χ3v) is 3.58. The zero-order valence-corrected chi connectivity index (χ0v) is 10.6. The van der Waals surface area contributed by atoms with Crippen molar-refractivity contribution in [3.8, 4) is 0 Å². The van der Waals surface area contributed by atoms with Crippen LogP contribution in [0.4, 0.5) is 0 Å². The van der Waals surface area contributed by atoms with Crippen molar-refractivity contribution in [1.82, 2.24) is 14.8 Å². The molecule has 1 N–H and O–H groups in total. The first-order valence-electron chi connectivity index (χ1n) is 5.13. The van der Waals surface area contributed by atoms with Gasteiger partial charge in [0.15, 0.2) is 4.77 Å². The van der Waals surface area contributed by atoms with E-state index in [1.807, 2.05) is 22.8 Å². The second-order valence-corrected chi connectivity index (χ2v) is 4.73. The molecule has 2 aromatic rings. The van der Waals surface area contributed by atoms with Crippen LogP contribution in [-0.4, -0.2) is 14.8 Å². The van der Waals surface area contributed by atoms with E-state index in [1.165, 1.54) is 4.90 Å². The Morgan fingerprint density at radius 3 is 2.81 bits per heavy atom. The van der Waals surface area contributed by atoms with Crippen molar-refractivity contribution < 1.29 is 0 Å². The first-order chi connectivity index (χ1) is 7.81. The van der Waals surface area contributed by atoms with Gasteiger partial charge in [0.1, 0.15) is 5.82 Å². The molecule has 0 saturated heterocycles. The van der Waals surface area contributed by atoms with Crippen molar-refractivity contribution in [2.75, 3.05) is 0 Å². The van der Waals surface area contributed by atoms with Crippen LogP contribution in [0.15, 0.2) is 35.2 Å². The van der Waals surface area contributed by atoms with Crippen LogP contribution in [0.2, 0.25) is 0 Å². The van der Waals surface area contributed by atoms with Crippen molar-refractivity contribution in [3.05, 3.63) is 40.9 Å². The molecule has 0 amide bonds. The van der Waals surface area contributed by atoms with Crippen LogP contribution in [0.3, 0.4) is 0 Å². The van der Waals surface area contributed by atoms with Gasteiger partial charge in [-0.1, -0.05) is 18.2 Å². The Balaban J connectivity index is 2.08. The molecular formula is C11H13N3S2. The number of hydrogen-bond acceptors (Lipinski definition) is 3. The summed E-state index contributed by atoms with van der Waals surface area (Å²) in [6.07, 6.45) is 0. The molecule has 0 atom stereocenters. The number of aromatic amines is 1. The van der Waals surface area contributed by atoms with Gasteiger partial charge >= 0.3 is 0 Å². The molecule has 0 radical (unpaired) electrons. The highest BCUT2D eigenvalue weighted by atomic mass is 32.2. The summed E-state index contributed by atoms with van der Waals surface area (Å²) in [5.41, 5.74) is 0. The maximum Gasteiger partial charge on any atom is 0.195 e. The second kappa shape index (κ2) is 5.32. The van der Waals surface area contributed by atoms with Gasteiger partial charge < -0.3 is 4.57 Å². The number of nitrogens with zero attached hydrogens (tertiary/aromatic N) is 2. The van der Waals surface area contributed by atoms with Crippen molar-refractivity contribution >= 4 is 24.0 Å². The number of benzene rings is 1. The van der Waals surface area contributed by atoms with Crippen LogP contribution < -0.4 is 0 Å². The van der Waals surface area contributed by atoms with Crippen LogP contribution >= 0.6 is 24.0 Å². The molecule has 16 heavy (non-hydrogen) atoms. The third kappa shape index (κ3) is 2.54. The minimum atomic E-state index is 0.700. The third-order valence-electron chi connectivity index (χ3n) is 2.26. The molecule has 1 aromatic carbocycles. The number of H-pyrrole nitrogens is 1. The topological polar surface area (TPSA) is 33.6 Å². The maximum atomic E-state index is 5.14. The van der Waals surface area contributed by atoms with Crippen molar-refractivity contribution in [2.45, 2.75) is 24.1 Å². The molecule has 0 saturated carbocycles. The first-order valence-corrected chi connectivity index (χ1v) is 6.52. The highest BCUT2D eigenvalue weighted by Crippen LogP contribution is 2.21. The number of rotatable bonds is 4. The Morgan fingerprint density at radius 1 is 1.38 bits per heavy atom.